The molecule has 0 aliphatic heterocycles. The molecule has 3 N–H and O–H groups in total. The number of aliphatic hydroxyl groups is 1. The molecule has 0 saturated carbocycles. The lowest BCUT2D eigenvalue weighted by atomic mass is 9.99. The summed E-state index contributed by atoms with van der Waals surface area (Å²) in [6.45, 7) is 9.57. The second-order valence-corrected chi connectivity index (χ2v) is 30.0. The van der Waals surface area contributed by atoms with Gasteiger partial charge in [0.25, 0.3) is 0 Å². The zero-order valence-electron chi connectivity index (χ0n) is 59.9. The topological polar surface area (TPSA) is 237 Å². The number of aliphatic hydroxyl groups excluding tert-OH is 1. The van der Waals surface area contributed by atoms with E-state index >= 15 is 0 Å². The van der Waals surface area contributed by atoms with Crippen molar-refractivity contribution in [3.8, 4) is 0 Å². The van der Waals surface area contributed by atoms with Gasteiger partial charge in [0.05, 0.1) is 26.4 Å². The van der Waals surface area contributed by atoms with Gasteiger partial charge in [-0.05, 0) is 37.5 Å². The lowest BCUT2D eigenvalue weighted by molar-refractivity contribution is -0.161. The molecule has 0 rings (SSSR count). The quantitative estimate of drug-likeness (QED) is 0.0222. The number of rotatable bonds is 72. The van der Waals surface area contributed by atoms with Crippen LogP contribution < -0.4 is 0 Å². The maximum Gasteiger partial charge on any atom is 0.472 e. The van der Waals surface area contributed by atoms with E-state index in [0.29, 0.717) is 25.7 Å². The number of phosphoric acid groups is 2. The molecule has 0 aromatic heterocycles. The molecule has 0 saturated heterocycles. The Hall–Kier alpha value is -1.94. The van der Waals surface area contributed by atoms with Crippen molar-refractivity contribution in [2.75, 3.05) is 39.6 Å². The van der Waals surface area contributed by atoms with Gasteiger partial charge in [0.1, 0.15) is 19.3 Å². The van der Waals surface area contributed by atoms with E-state index < -0.39 is 97.5 Å². The molecule has 0 heterocycles. The molecule has 0 amide bonds. The Labute approximate surface area is 562 Å². The Bertz CT molecular complexity index is 1790. The van der Waals surface area contributed by atoms with Gasteiger partial charge in [-0.15, -0.1) is 0 Å². The largest absolute Gasteiger partial charge is 0.472 e. The molecule has 19 heteroatoms. The molecule has 3 unspecified atom stereocenters. The first kappa shape index (κ1) is 90.1. The molecule has 92 heavy (non-hydrogen) atoms. The van der Waals surface area contributed by atoms with E-state index in [2.05, 4.69) is 41.5 Å². The van der Waals surface area contributed by atoms with E-state index in [1.807, 2.05) is 0 Å². The number of carbonyl (C=O) groups is 4. The standard InChI is InChI=1S/C73H142O17P2/c1-7-10-12-14-16-18-19-20-21-22-23-24-25-33-39-45-51-57-72(77)90-69(62-84-71(76)56-50-44-38-32-29-27-31-36-42-48-54-66(6)9-3)64-88-92(81,82)86-60-67(74)59-85-91(79,80)87-63-68(61-83-70(75)55-49-43-37-17-15-13-11-8-2)89-73(78)58-52-46-40-34-28-26-30-35-41-47-53-65(4)5/h65-69,74H,7-64H2,1-6H3,(H,79,80)(H,81,82)/t66?,67-,68+,69+/m0/s1. The zero-order chi connectivity index (χ0) is 67.9. The molecule has 0 fully saturated rings. The zero-order valence-corrected chi connectivity index (χ0v) is 61.6. The fourth-order valence-electron chi connectivity index (χ4n) is 11.1. The van der Waals surface area contributed by atoms with E-state index in [1.54, 1.807) is 0 Å². The average Bonchev–Trinajstić information content (AvgIpc) is 2.18. The SMILES string of the molecule is CCCCCCCCCCCCCCCCCCCC(=O)O[C@H](COC(=O)CCCCCCCCCCCCC(C)CC)COP(=O)(O)OC[C@@H](O)COP(=O)(O)OC[C@@H](COC(=O)CCCCCCCCCC)OC(=O)CCCCCCCCCCCCC(C)C. The van der Waals surface area contributed by atoms with Gasteiger partial charge >= 0.3 is 39.5 Å². The van der Waals surface area contributed by atoms with Gasteiger partial charge in [0, 0.05) is 25.7 Å². The molecule has 0 aromatic carbocycles. The maximum atomic E-state index is 13.1. The van der Waals surface area contributed by atoms with Crippen LogP contribution in [0, 0.1) is 11.8 Å². The van der Waals surface area contributed by atoms with Crippen LogP contribution in [0.2, 0.25) is 0 Å². The Balaban J connectivity index is 5.23. The van der Waals surface area contributed by atoms with E-state index in [-0.39, 0.29) is 25.7 Å². The summed E-state index contributed by atoms with van der Waals surface area (Å²) < 4.78 is 68.4. The fraction of sp³-hybridized carbons (Fsp3) is 0.945. The van der Waals surface area contributed by atoms with Crippen molar-refractivity contribution in [1.82, 2.24) is 0 Å². The van der Waals surface area contributed by atoms with Gasteiger partial charge in [-0.2, -0.15) is 0 Å². The molecule has 6 atom stereocenters. The maximum absolute atomic E-state index is 13.1. The minimum atomic E-state index is -4.95. The molecule has 17 nitrogen and oxygen atoms in total. The summed E-state index contributed by atoms with van der Waals surface area (Å²) >= 11 is 0. The van der Waals surface area contributed by atoms with Crippen LogP contribution in [0.5, 0.6) is 0 Å². The van der Waals surface area contributed by atoms with Crippen molar-refractivity contribution in [2.45, 2.75) is 394 Å². The van der Waals surface area contributed by atoms with E-state index in [1.165, 1.54) is 186 Å². The molecule has 0 aliphatic rings. The highest BCUT2D eigenvalue weighted by molar-refractivity contribution is 7.47. The summed E-state index contributed by atoms with van der Waals surface area (Å²) in [5, 5.41) is 10.6. The van der Waals surface area contributed by atoms with Crippen molar-refractivity contribution >= 4 is 39.5 Å². The Morgan fingerprint density at radius 1 is 0.315 bits per heavy atom. The van der Waals surface area contributed by atoms with Crippen LogP contribution in [0.3, 0.4) is 0 Å². The number of esters is 4. The van der Waals surface area contributed by atoms with Crippen molar-refractivity contribution in [3.63, 3.8) is 0 Å². The number of carbonyl (C=O) groups excluding carboxylic acids is 4. The van der Waals surface area contributed by atoms with Crippen LogP contribution in [-0.2, 0) is 65.4 Å². The first-order valence-corrected chi connectivity index (χ1v) is 41.0. The van der Waals surface area contributed by atoms with Crippen LogP contribution in [0.15, 0.2) is 0 Å². The number of unbranched alkanes of at least 4 members (excludes halogenated alkanes) is 41. The van der Waals surface area contributed by atoms with Crippen molar-refractivity contribution in [3.05, 3.63) is 0 Å². The summed E-state index contributed by atoms with van der Waals surface area (Å²) in [6, 6.07) is 0. The van der Waals surface area contributed by atoms with Gasteiger partial charge < -0.3 is 33.8 Å². The van der Waals surface area contributed by atoms with E-state index in [0.717, 1.165) is 108 Å². The van der Waals surface area contributed by atoms with Gasteiger partial charge in [0.2, 0.25) is 0 Å². The third kappa shape index (κ3) is 65.4. The monoisotopic (exact) mass is 1350 g/mol. The third-order valence-corrected chi connectivity index (χ3v) is 19.2. The fourth-order valence-corrected chi connectivity index (χ4v) is 12.7. The molecule has 546 valence electrons. The first-order valence-electron chi connectivity index (χ1n) is 38.0. The molecule has 0 radical (unpaired) electrons. The highest BCUT2D eigenvalue weighted by Crippen LogP contribution is 2.45. The first-order chi connectivity index (χ1) is 44.4. The second-order valence-electron chi connectivity index (χ2n) is 27.1. The predicted molar refractivity (Wildman–Crippen MR) is 372 cm³/mol. The predicted octanol–water partition coefficient (Wildman–Crippen LogP) is 21.2. The van der Waals surface area contributed by atoms with E-state index in [4.69, 9.17) is 37.0 Å². The van der Waals surface area contributed by atoms with Crippen LogP contribution in [0.25, 0.3) is 0 Å². The van der Waals surface area contributed by atoms with Crippen LogP contribution in [-0.4, -0.2) is 96.7 Å². The number of phosphoric ester groups is 2. The molecule has 0 aliphatic carbocycles. The molecule has 0 aromatic rings. The van der Waals surface area contributed by atoms with Gasteiger partial charge in [-0.3, -0.25) is 37.3 Å². The Morgan fingerprint density at radius 2 is 0.554 bits per heavy atom. The number of ether oxygens (including phenoxy) is 4. The molecular formula is C73H142O17P2. The van der Waals surface area contributed by atoms with Crippen LogP contribution in [0.4, 0.5) is 0 Å². The van der Waals surface area contributed by atoms with Crippen molar-refractivity contribution in [2.24, 2.45) is 11.8 Å². The van der Waals surface area contributed by atoms with E-state index in [9.17, 15) is 43.2 Å². The molecule has 0 spiro atoms. The van der Waals surface area contributed by atoms with Crippen LogP contribution >= 0.6 is 15.6 Å². The normalized spacial score (nSPS) is 14.4. The second kappa shape index (κ2) is 65.0. The summed E-state index contributed by atoms with van der Waals surface area (Å²) in [6.07, 6.45) is 51.3. The number of hydrogen-bond acceptors (Lipinski definition) is 15. The molecule has 0 bridgehead atoms. The van der Waals surface area contributed by atoms with Gasteiger partial charge in [0.15, 0.2) is 12.2 Å². The third-order valence-electron chi connectivity index (χ3n) is 17.3. The Kier molecular flexibility index (Phi) is 63.7. The van der Waals surface area contributed by atoms with Crippen molar-refractivity contribution < 1.29 is 80.2 Å². The lowest BCUT2D eigenvalue weighted by Gasteiger charge is -2.21. The summed E-state index contributed by atoms with van der Waals surface area (Å²) in [7, 11) is -9.90. The van der Waals surface area contributed by atoms with Crippen LogP contribution in [0.1, 0.15) is 375 Å². The minimum Gasteiger partial charge on any atom is -0.462 e. The Morgan fingerprint density at radius 3 is 0.826 bits per heavy atom. The number of hydrogen-bond donors (Lipinski definition) is 3. The summed E-state index contributed by atoms with van der Waals surface area (Å²) in [5.41, 5.74) is 0. The average molecular weight is 1350 g/mol. The minimum absolute atomic E-state index is 0.106. The summed E-state index contributed by atoms with van der Waals surface area (Å²) in [4.78, 5) is 72.6. The highest BCUT2D eigenvalue weighted by Gasteiger charge is 2.30. The van der Waals surface area contributed by atoms with Gasteiger partial charge in [-0.1, -0.05) is 324 Å². The highest BCUT2D eigenvalue weighted by atomic mass is 31.2. The summed E-state index contributed by atoms with van der Waals surface area (Å²) in [5.74, 6) is -0.560. The van der Waals surface area contributed by atoms with Gasteiger partial charge in [-0.25, -0.2) is 9.13 Å². The molecular weight excluding hydrogens is 1210 g/mol. The lowest BCUT2D eigenvalue weighted by Crippen LogP contribution is -2.30. The smallest absolute Gasteiger partial charge is 0.462 e. The van der Waals surface area contributed by atoms with Crippen molar-refractivity contribution in [1.29, 1.82) is 0 Å².